The first-order valence-electron chi connectivity index (χ1n) is 9.89. The number of methoxy groups -OCH3 is 1. The monoisotopic (exact) mass is 438 g/mol. The first-order chi connectivity index (χ1) is 14.8. The van der Waals surface area contributed by atoms with Crippen molar-refractivity contribution in [3.63, 3.8) is 0 Å². The molecule has 0 spiro atoms. The van der Waals surface area contributed by atoms with Crippen molar-refractivity contribution in [2.24, 2.45) is 0 Å². The van der Waals surface area contributed by atoms with Gasteiger partial charge in [0.15, 0.2) is 0 Å². The third-order valence-corrected chi connectivity index (χ3v) is 6.70. The van der Waals surface area contributed by atoms with E-state index >= 15 is 0 Å². The Labute approximate surface area is 183 Å². The summed E-state index contributed by atoms with van der Waals surface area (Å²) in [6.45, 7) is 3.50. The maximum Gasteiger partial charge on any atom is 0.264 e. The average Bonchev–Trinajstić information content (AvgIpc) is 2.78. The van der Waals surface area contributed by atoms with Gasteiger partial charge in [-0.05, 0) is 43.7 Å². The van der Waals surface area contributed by atoms with Crippen LogP contribution in [0.3, 0.4) is 0 Å². The summed E-state index contributed by atoms with van der Waals surface area (Å²) in [7, 11) is -2.46. The van der Waals surface area contributed by atoms with Crippen LogP contribution in [0.15, 0.2) is 83.8 Å². The summed E-state index contributed by atoms with van der Waals surface area (Å²) in [4.78, 5) is 13.0. The molecule has 1 amide bonds. The number of ether oxygens (including phenoxy) is 1. The van der Waals surface area contributed by atoms with E-state index in [0.29, 0.717) is 11.4 Å². The van der Waals surface area contributed by atoms with E-state index in [1.807, 2.05) is 38.1 Å². The lowest BCUT2D eigenvalue weighted by atomic mass is 10.1. The molecule has 0 aliphatic carbocycles. The Kier molecular flexibility index (Phi) is 6.97. The predicted molar refractivity (Wildman–Crippen MR) is 122 cm³/mol. The van der Waals surface area contributed by atoms with Crippen LogP contribution in [0.4, 0.5) is 5.69 Å². The Bertz CT molecular complexity index is 1130. The van der Waals surface area contributed by atoms with E-state index in [0.717, 1.165) is 15.4 Å². The van der Waals surface area contributed by atoms with Crippen molar-refractivity contribution in [1.82, 2.24) is 5.32 Å². The lowest BCUT2D eigenvalue weighted by Gasteiger charge is -2.25. The van der Waals surface area contributed by atoms with E-state index in [2.05, 4.69) is 5.32 Å². The fraction of sp³-hybridized carbons (Fsp3) is 0.208. The molecule has 162 valence electrons. The smallest absolute Gasteiger partial charge is 0.264 e. The molecule has 0 saturated heterocycles. The van der Waals surface area contributed by atoms with Gasteiger partial charge in [0.25, 0.3) is 10.0 Å². The van der Waals surface area contributed by atoms with Crippen molar-refractivity contribution < 1.29 is 17.9 Å². The molecule has 7 heteroatoms. The van der Waals surface area contributed by atoms with E-state index in [4.69, 9.17) is 4.74 Å². The minimum absolute atomic E-state index is 0.109. The lowest BCUT2D eigenvalue weighted by molar-refractivity contribution is -0.120. The Balaban J connectivity index is 1.89. The standard InChI is InChI=1S/C24H26N2O4S/c1-18-12-14-20(15-13-18)19(2)25-24(27)17-26(21-8-7-9-22(16-21)30-3)31(28,29)23-10-5-4-6-11-23/h4-16,19H,17H2,1-3H3,(H,25,27)/t19-/m1/s1. The number of carbonyl (C=O) groups is 1. The minimum atomic E-state index is -3.96. The zero-order chi connectivity index (χ0) is 22.4. The zero-order valence-corrected chi connectivity index (χ0v) is 18.6. The van der Waals surface area contributed by atoms with Crippen LogP contribution in [-0.2, 0) is 14.8 Å². The van der Waals surface area contributed by atoms with Crippen LogP contribution in [0.2, 0.25) is 0 Å². The number of amides is 1. The molecule has 6 nitrogen and oxygen atoms in total. The largest absolute Gasteiger partial charge is 0.497 e. The third kappa shape index (κ3) is 5.44. The Hall–Kier alpha value is -3.32. The molecular weight excluding hydrogens is 412 g/mol. The molecule has 0 radical (unpaired) electrons. The highest BCUT2D eigenvalue weighted by atomic mass is 32.2. The zero-order valence-electron chi connectivity index (χ0n) is 17.8. The maximum absolute atomic E-state index is 13.4. The number of aryl methyl sites for hydroxylation is 1. The number of anilines is 1. The molecule has 0 aliphatic heterocycles. The van der Waals surface area contributed by atoms with Gasteiger partial charge in [0.2, 0.25) is 5.91 Å². The van der Waals surface area contributed by atoms with Gasteiger partial charge in [-0.2, -0.15) is 0 Å². The second-order valence-electron chi connectivity index (χ2n) is 7.23. The number of rotatable bonds is 8. The summed E-state index contributed by atoms with van der Waals surface area (Å²) >= 11 is 0. The van der Waals surface area contributed by atoms with Crippen LogP contribution in [0.5, 0.6) is 5.75 Å². The minimum Gasteiger partial charge on any atom is -0.497 e. The topological polar surface area (TPSA) is 75.7 Å². The van der Waals surface area contributed by atoms with Crippen molar-refractivity contribution in [1.29, 1.82) is 0 Å². The van der Waals surface area contributed by atoms with E-state index < -0.39 is 15.9 Å². The molecule has 0 aromatic heterocycles. The van der Waals surface area contributed by atoms with Crippen LogP contribution in [0, 0.1) is 6.92 Å². The van der Waals surface area contributed by atoms with Crippen molar-refractivity contribution in [3.05, 3.63) is 90.0 Å². The second-order valence-corrected chi connectivity index (χ2v) is 9.09. The number of hydrogen-bond acceptors (Lipinski definition) is 4. The van der Waals surface area contributed by atoms with E-state index in [9.17, 15) is 13.2 Å². The summed E-state index contributed by atoms with van der Waals surface area (Å²) < 4.78 is 33.1. The van der Waals surface area contributed by atoms with Gasteiger partial charge in [0, 0.05) is 6.07 Å². The number of carbonyl (C=O) groups excluding carboxylic acids is 1. The van der Waals surface area contributed by atoms with Crippen LogP contribution in [0.1, 0.15) is 24.1 Å². The van der Waals surface area contributed by atoms with Crippen LogP contribution >= 0.6 is 0 Å². The summed E-state index contributed by atoms with van der Waals surface area (Å²) in [5, 5.41) is 2.89. The van der Waals surface area contributed by atoms with Crippen LogP contribution in [-0.4, -0.2) is 28.0 Å². The van der Waals surface area contributed by atoms with Crippen LogP contribution < -0.4 is 14.4 Å². The fourth-order valence-corrected chi connectivity index (χ4v) is 4.59. The number of benzene rings is 3. The van der Waals surface area contributed by atoms with Gasteiger partial charge in [-0.3, -0.25) is 9.10 Å². The molecule has 0 aliphatic rings. The van der Waals surface area contributed by atoms with Gasteiger partial charge in [-0.1, -0.05) is 54.1 Å². The molecule has 0 saturated carbocycles. The highest BCUT2D eigenvalue weighted by Crippen LogP contribution is 2.27. The van der Waals surface area contributed by atoms with Gasteiger partial charge in [0.1, 0.15) is 12.3 Å². The lowest BCUT2D eigenvalue weighted by Crippen LogP contribution is -2.41. The van der Waals surface area contributed by atoms with Gasteiger partial charge in [-0.25, -0.2) is 8.42 Å². The molecule has 0 unspecified atom stereocenters. The summed E-state index contributed by atoms with van der Waals surface area (Å²) in [5.41, 5.74) is 2.42. The summed E-state index contributed by atoms with van der Waals surface area (Å²) in [5.74, 6) is 0.0922. The predicted octanol–water partition coefficient (Wildman–Crippen LogP) is 4.08. The molecule has 1 atom stereocenters. The van der Waals surface area contributed by atoms with Crippen molar-refractivity contribution in [3.8, 4) is 5.75 Å². The van der Waals surface area contributed by atoms with E-state index in [-0.39, 0.29) is 17.5 Å². The number of hydrogen-bond donors (Lipinski definition) is 1. The molecule has 0 fully saturated rings. The molecule has 3 rings (SSSR count). The molecule has 3 aromatic carbocycles. The van der Waals surface area contributed by atoms with E-state index in [1.165, 1.54) is 19.2 Å². The normalized spacial score (nSPS) is 12.1. The van der Waals surface area contributed by atoms with Gasteiger partial charge in [-0.15, -0.1) is 0 Å². The number of nitrogens with zero attached hydrogens (tertiary/aromatic N) is 1. The van der Waals surface area contributed by atoms with E-state index in [1.54, 1.807) is 42.5 Å². The summed E-state index contributed by atoms with van der Waals surface area (Å²) in [6.07, 6.45) is 0. The highest BCUT2D eigenvalue weighted by Gasteiger charge is 2.28. The molecule has 0 heterocycles. The first-order valence-corrected chi connectivity index (χ1v) is 11.3. The van der Waals surface area contributed by atoms with Crippen molar-refractivity contribution in [2.45, 2.75) is 24.8 Å². The molecule has 3 aromatic rings. The number of sulfonamides is 1. The second kappa shape index (κ2) is 9.66. The van der Waals surface area contributed by atoms with Crippen LogP contribution in [0.25, 0.3) is 0 Å². The average molecular weight is 439 g/mol. The van der Waals surface area contributed by atoms with Gasteiger partial charge < -0.3 is 10.1 Å². The highest BCUT2D eigenvalue weighted by molar-refractivity contribution is 7.92. The van der Waals surface area contributed by atoms with Crippen molar-refractivity contribution in [2.75, 3.05) is 18.0 Å². The first kappa shape index (κ1) is 22.4. The Morgan fingerprint density at radius 2 is 1.68 bits per heavy atom. The molecule has 1 N–H and O–H groups in total. The summed E-state index contributed by atoms with van der Waals surface area (Å²) in [6, 6.07) is 22.3. The maximum atomic E-state index is 13.4. The van der Waals surface area contributed by atoms with Gasteiger partial charge >= 0.3 is 0 Å². The fourth-order valence-electron chi connectivity index (χ4n) is 3.16. The SMILES string of the molecule is COc1cccc(N(CC(=O)N[C@H](C)c2ccc(C)cc2)S(=O)(=O)c2ccccc2)c1. The van der Waals surface area contributed by atoms with Crippen molar-refractivity contribution >= 4 is 21.6 Å². The quantitative estimate of drug-likeness (QED) is 0.575. The molecular formula is C24H26N2O4S. The molecule has 0 bridgehead atoms. The number of nitrogens with one attached hydrogen (secondary N) is 1. The Morgan fingerprint density at radius 1 is 1.00 bits per heavy atom. The molecule has 31 heavy (non-hydrogen) atoms. The third-order valence-electron chi connectivity index (χ3n) is 4.91. The Morgan fingerprint density at radius 3 is 2.32 bits per heavy atom. The van der Waals surface area contributed by atoms with Gasteiger partial charge in [0.05, 0.1) is 23.7 Å².